The third-order valence-electron chi connectivity index (χ3n) is 2.83. The zero-order valence-electron chi connectivity index (χ0n) is 9.79. The number of amides is 1. The third-order valence-corrected chi connectivity index (χ3v) is 2.83. The van der Waals surface area contributed by atoms with Gasteiger partial charge < -0.3 is 14.9 Å². The third kappa shape index (κ3) is 2.02. The first-order valence-electron chi connectivity index (χ1n) is 5.46. The minimum atomic E-state index is -1.08. The van der Waals surface area contributed by atoms with Crippen LogP contribution in [0.3, 0.4) is 0 Å². The van der Waals surface area contributed by atoms with Crippen molar-refractivity contribution in [1.29, 1.82) is 0 Å². The van der Waals surface area contributed by atoms with E-state index >= 15 is 0 Å². The predicted molar refractivity (Wildman–Crippen MR) is 62.4 cm³/mol. The Labute approximate surface area is 103 Å². The number of aliphatic hydroxyl groups is 1. The molecule has 0 bridgehead atoms. The van der Waals surface area contributed by atoms with Crippen LogP contribution in [0.5, 0.6) is 5.75 Å². The maximum Gasteiger partial charge on any atom is 0.326 e. The molecule has 6 heteroatoms. The number of carbonyl (C=O) groups excluding carboxylic acids is 1. The molecule has 0 saturated carbocycles. The molecule has 2 N–H and O–H groups in total. The number of benzene rings is 1. The lowest BCUT2D eigenvalue weighted by Gasteiger charge is -2.32. The quantitative estimate of drug-likeness (QED) is 0.810. The average molecular weight is 251 g/mol. The first-order chi connectivity index (χ1) is 8.54. The minimum Gasteiger partial charge on any atom is -0.482 e. The molecule has 1 unspecified atom stereocenters. The fraction of sp³-hybridized carbons (Fsp3) is 0.333. The summed E-state index contributed by atoms with van der Waals surface area (Å²) in [7, 11) is 0. The lowest BCUT2D eigenvalue weighted by molar-refractivity contribution is -0.140. The van der Waals surface area contributed by atoms with Crippen LogP contribution >= 0.6 is 0 Å². The highest BCUT2D eigenvalue weighted by Crippen LogP contribution is 2.34. The number of nitrogens with zero attached hydrogens (tertiary/aromatic N) is 1. The van der Waals surface area contributed by atoms with Crippen molar-refractivity contribution in [3.63, 3.8) is 0 Å². The molecule has 0 radical (unpaired) electrons. The van der Waals surface area contributed by atoms with Crippen molar-refractivity contribution in [3.8, 4) is 5.75 Å². The van der Waals surface area contributed by atoms with Gasteiger partial charge in [-0.05, 0) is 24.6 Å². The van der Waals surface area contributed by atoms with E-state index in [9.17, 15) is 9.59 Å². The molecule has 1 heterocycles. The van der Waals surface area contributed by atoms with E-state index in [-0.39, 0.29) is 13.2 Å². The summed E-state index contributed by atoms with van der Waals surface area (Å²) in [4.78, 5) is 23.9. The predicted octanol–water partition coefficient (Wildman–Crippen LogP) is 0.377. The molecular weight excluding hydrogens is 238 g/mol. The second-order valence-electron chi connectivity index (χ2n) is 4.03. The monoisotopic (exact) mass is 251 g/mol. The first-order valence-corrected chi connectivity index (χ1v) is 5.46. The molecule has 0 aliphatic carbocycles. The summed E-state index contributed by atoms with van der Waals surface area (Å²) in [6, 6.07) is 3.85. The Morgan fingerprint density at radius 1 is 1.56 bits per heavy atom. The fourth-order valence-corrected chi connectivity index (χ4v) is 1.85. The Hall–Kier alpha value is -2.08. The summed E-state index contributed by atoms with van der Waals surface area (Å²) in [6.07, 6.45) is 0. The zero-order chi connectivity index (χ0) is 13.3. The molecule has 18 heavy (non-hydrogen) atoms. The van der Waals surface area contributed by atoms with Gasteiger partial charge in [0.25, 0.3) is 5.91 Å². The van der Waals surface area contributed by atoms with Crippen LogP contribution in [0.25, 0.3) is 0 Å². The maximum atomic E-state index is 11.7. The number of carbonyl (C=O) groups is 2. The van der Waals surface area contributed by atoms with Gasteiger partial charge in [-0.15, -0.1) is 0 Å². The number of hydrogen-bond donors (Lipinski definition) is 2. The molecule has 0 saturated heterocycles. The molecule has 0 aromatic heterocycles. The lowest BCUT2D eigenvalue weighted by Crippen LogP contribution is -2.48. The number of anilines is 1. The van der Waals surface area contributed by atoms with E-state index in [0.717, 1.165) is 0 Å². The Balaban J connectivity index is 2.44. The largest absolute Gasteiger partial charge is 0.482 e. The van der Waals surface area contributed by atoms with E-state index in [0.29, 0.717) is 17.0 Å². The standard InChI is InChI=1S/C12H13NO5/c1-7(12(16)17)13-9-3-2-8(5-14)4-10(9)18-6-11(13)15/h2-4,7,14H,5-6H2,1H3,(H,16,17). The van der Waals surface area contributed by atoms with Crippen molar-refractivity contribution in [3.05, 3.63) is 23.8 Å². The molecule has 1 aromatic rings. The first kappa shape index (κ1) is 12.4. The van der Waals surface area contributed by atoms with Gasteiger partial charge in [-0.2, -0.15) is 0 Å². The zero-order valence-corrected chi connectivity index (χ0v) is 9.79. The molecule has 6 nitrogen and oxygen atoms in total. The van der Waals surface area contributed by atoms with Gasteiger partial charge in [0.1, 0.15) is 11.8 Å². The van der Waals surface area contributed by atoms with Gasteiger partial charge in [0.05, 0.1) is 12.3 Å². The number of rotatable bonds is 3. The second-order valence-corrected chi connectivity index (χ2v) is 4.03. The van der Waals surface area contributed by atoms with Crippen molar-refractivity contribution >= 4 is 17.6 Å². The highest BCUT2D eigenvalue weighted by molar-refractivity contribution is 6.02. The smallest absolute Gasteiger partial charge is 0.326 e. The summed E-state index contributed by atoms with van der Waals surface area (Å²) < 4.78 is 5.24. The van der Waals surface area contributed by atoms with E-state index < -0.39 is 17.9 Å². The summed E-state index contributed by atoms with van der Waals surface area (Å²) in [6.45, 7) is 1.11. The minimum absolute atomic E-state index is 0.140. The SMILES string of the molecule is CC(C(=O)O)N1C(=O)COc2cc(CO)ccc21. The van der Waals surface area contributed by atoms with Crippen molar-refractivity contribution in [2.45, 2.75) is 19.6 Å². The summed E-state index contributed by atoms with van der Waals surface area (Å²) in [5.41, 5.74) is 1.06. The van der Waals surface area contributed by atoms with Crippen LogP contribution in [0.2, 0.25) is 0 Å². The van der Waals surface area contributed by atoms with Crippen molar-refractivity contribution < 1.29 is 24.5 Å². The highest BCUT2D eigenvalue weighted by Gasteiger charge is 2.32. The van der Waals surface area contributed by atoms with Crippen LogP contribution in [-0.4, -0.2) is 34.7 Å². The van der Waals surface area contributed by atoms with Crippen LogP contribution in [0.4, 0.5) is 5.69 Å². The molecular formula is C12H13NO5. The van der Waals surface area contributed by atoms with Crippen molar-refractivity contribution in [1.82, 2.24) is 0 Å². The Morgan fingerprint density at radius 3 is 2.89 bits per heavy atom. The number of aliphatic hydroxyl groups excluding tert-OH is 1. The van der Waals surface area contributed by atoms with Gasteiger partial charge >= 0.3 is 5.97 Å². The van der Waals surface area contributed by atoms with E-state index in [1.54, 1.807) is 18.2 Å². The van der Waals surface area contributed by atoms with Crippen molar-refractivity contribution in [2.24, 2.45) is 0 Å². The van der Waals surface area contributed by atoms with Crippen LogP contribution < -0.4 is 9.64 Å². The highest BCUT2D eigenvalue weighted by atomic mass is 16.5. The van der Waals surface area contributed by atoms with Crippen LogP contribution in [0.1, 0.15) is 12.5 Å². The topological polar surface area (TPSA) is 87.1 Å². The van der Waals surface area contributed by atoms with Gasteiger partial charge in [0, 0.05) is 0 Å². The Bertz CT molecular complexity index is 499. The molecule has 1 aromatic carbocycles. The van der Waals surface area contributed by atoms with E-state index in [4.69, 9.17) is 14.9 Å². The molecule has 0 fully saturated rings. The van der Waals surface area contributed by atoms with Gasteiger partial charge in [-0.1, -0.05) is 6.07 Å². The van der Waals surface area contributed by atoms with Gasteiger partial charge in [0.2, 0.25) is 0 Å². The average Bonchev–Trinajstić information content (AvgIpc) is 2.37. The lowest BCUT2D eigenvalue weighted by atomic mass is 10.1. The van der Waals surface area contributed by atoms with E-state index in [2.05, 4.69) is 0 Å². The molecule has 96 valence electrons. The maximum absolute atomic E-state index is 11.7. The normalized spacial score (nSPS) is 15.9. The number of carboxylic acid groups (broad SMARTS) is 1. The number of hydrogen-bond acceptors (Lipinski definition) is 4. The Morgan fingerprint density at radius 2 is 2.28 bits per heavy atom. The van der Waals surface area contributed by atoms with E-state index in [1.807, 2.05) is 0 Å². The molecule has 1 amide bonds. The summed E-state index contributed by atoms with van der Waals surface area (Å²) in [5.74, 6) is -1.06. The fourth-order valence-electron chi connectivity index (χ4n) is 1.85. The second kappa shape index (κ2) is 4.66. The van der Waals surface area contributed by atoms with Crippen LogP contribution in [0, 0.1) is 0 Å². The van der Waals surface area contributed by atoms with Crippen LogP contribution in [0.15, 0.2) is 18.2 Å². The molecule has 2 rings (SSSR count). The number of fused-ring (bicyclic) bond motifs is 1. The number of aliphatic carboxylic acids is 1. The molecule has 1 aliphatic rings. The number of ether oxygens (including phenoxy) is 1. The van der Waals surface area contributed by atoms with Crippen LogP contribution in [-0.2, 0) is 16.2 Å². The van der Waals surface area contributed by atoms with Gasteiger partial charge in [-0.3, -0.25) is 9.69 Å². The molecule has 0 spiro atoms. The van der Waals surface area contributed by atoms with E-state index in [1.165, 1.54) is 11.8 Å². The number of carboxylic acids is 1. The summed E-state index contributed by atoms with van der Waals surface area (Å²) in [5, 5.41) is 18.0. The van der Waals surface area contributed by atoms with Crippen molar-refractivity contribution in [2.75, 3.05) is 11.5 Å². The summed E-state index contributed by atoms with van der Waals surface area (Å²) >= 11 is 0. The van der Waals surface area contributed by atoms with Gasteiger partial charge in [-0.25, -0.2) is 4.79 Å². The Kier molecular flexibility index (Phi) is 3.20. The molecule has 1 atom stereocenters. The van der Waals surface area contributed by atoms with Gasteiger partial charge in [0.15, 0.2) is 6.61 Å². The molecule has 1 aliphatic heterocycles.